The maximum Gasteiger partial charge on any atom is 0.309 e. The molecule has 0 bridgehead atoms. The Kier molecular flexibility index (Phi) is 4.41. The van der Waals surface area contributed by atoms with Crippen LogP contribution in [-0.4, -0.2) is 23.0 Å². The van der Waals surface area contributed by atoms with Gasteiger partial charge in [0.15, 0.2) is 0 Å². The third kappa shape index (κ3) is 4.31. The molecule has 4 heteroatoms. The molecule has 1 aliphatic carbocycles. The van der Waals surface area contributed by atoms with Crippen LogP contribution in [0.1, 0.15) is 59.8 Å². The van der Waals surface area contributed by atoms with E-state index in [-0.39, 0.29) is 23.8 Å². The van der Waals surface area contributed by atoms with Crippen LogP contribution in [0.4, 0.5) is 0 Å². The molecule has 0 saturated heterocycles. The standard InChI is InChI=1S/C14H25NO3/c1-13(2)7-5-6-10(8-13)15-11(16)9-14(3,4)12(17)18/h10H,5-9H2,1-4H3,(H,15,16)(H,17,18). The number of hydrogen-bond acceptors (Lipinski definition) is 2. The molecule has 0 spiro atoms. The van der Waals surface area contributed by atoms with Gasteiger partial charge in [-0.15, -0.1) is 0 Å². The van der Waals surface area contributed by atoms with Gasteiger partial charge in [-0.1, -0.05) is 20.3 Å². The summed E-state index contributed by atoms with van der Waals surface area (Å²) in [7, 11) is 0. The van der Waals surface area contributed by atoms with Crippen molar-refractivity contribution >= 4 is 11.9 Å². The Morgan fingerprint density at radius 2 is 2.00 bits per heavy atom. The van der Waals surface area contributed by atoms with Gasteiger partial charge in [-0.25, -0.2) is 0 Å². The number of amides is 1. The fourth-order valence-electron chi connectivity index (χ4n) is 2.58. The van der Waals surface area contributed by atoms with Gasteiger partial charge in [-0.3, -0.25) is 9.59 Å². The van der Waals surface area contributed by atoms with E-state index in [1.165, 1.54) is 6.42 Å². The Hall–Kier alpha value is -1.06. The zero-order valence-corrected chi connectivity index (χ0v) is 11.9. The molecule has 1 saturated carbocycles. The molecule has 0 radical (unpaired) electrons. The number of rotatable bonds is 4. The second-order valence-corrected chi connectivity index (χ2v) is 6.89. The summed E-state index contributed by atoms with van der Waals surface area (Å²) in [4.78, 5) is 22.8. The van der Waals surface area contributed by atoms with Crippen molar-refractivity contribution in [1.82, 2.24) is 5.32 Å². The van der Waals surface area contributed by atoms with Crippen LogP contribution in [0.25, 0.3) is 0 Å². The third-order valence-electron chi connectivity index (χ3n) is 3.75. The van der Waals surface area contributed by atoms with Gasteiger partial charge in [0.1, 0.15) is 0 Å². The SMILES string of the molecule is CC1(C)CCCC(NC(=O)CC(C)(C)C(=O)O)C1. The van der Waals surface area contributed by atoms with Gasteiger partial charge in [-0.2, -0.15) is 0 Å². The lowest BCUT2D eigenvalue weighted by Crippen LogP contribution is -2.42. The summed E-state index contributed by atoms with van der Waals surface area (Å²) in [5, 5.41) is 12.0. The van der Waals surface area contributed by atoms with Crippen LogP contribution in [0, 0.1) is 10.8 Å². The topological polar surface area (TPSA) is 66.4 Å². The number of hydrogen-bond donors (Lipinski definition) is 2. The molecule has 1 amide bonds. The maximum atomic E-state index is 11.9. The van der Waals surface area contributed by atoms with Gasteiger partial charge in [0.25, 0.3) is 0 Å². The number of carboxylic acids is 1. The van der Waals surface area contributed by atoms with E-state index in [0.717, 1.165) is 19.3 Å². The van der Waals surface area contributed by atoms with Crippen LogP contribution < -0.4 is 5.32 Å². The summed E-state index contributed by atoms with van der Waals surface area (Å²) in [5.41, 5.74) is -0.715. The highest BCUT2D eigenvalue weighted by atomic mass is 16.4. The maximum absolute atomic E-state index is 11.9. The monoisotopic (exact) mass is 255 g/mol. The first-order valence-electron chi connectivity index (χ1n) is 6.65. The molecule has 1 rings (SSSR count). The van der Waals surface area contributed by atoms with Crippen molar-refractivity contribution < 1.29 is 14.7 Å². The van der Waals surface area contributed by atoms with Crippen molar-refractivity contribution in [3.8, 4) is 0 Å². The Balaban J connectivity index is 2.48. The lowest BCUT2D eigenvalue weighted by atomic mass is 9.75. The fourth-order valence-corrected chi connectivity index (χ4v) is 2.58. The molecule has 1 aliphatic rings. The van der Waals surface area contributed by atoms with Gasteiger partial charge in [0.2, 0.25) is 5.91 Å². The largest absolute Gasteiger partial charge is 0.481 e. The molecule has 0 aromatic rings. The second-order valence-electron chi connectivity index (χ2n) is 6.89. The fraction of sp³-hybridized carbons (Fsp3) is 0.857. The van der Waals surface area contributed by atoms with Crippen LogP contribution in [-0.2, 0) is 9.59 Å². The molecule has 18 heavy (non-hydrogen) atoms. The third-order valence-corrected chi connectivity index (χ3v) is 3.75. The predicted octanol–water partition coefficient (Wildman–Crippen LogP) is 2.57. The Bertz CT molecular complexity index is 334. The molecule has 0 aliphatic heterocycles. The molecule has 1 atom stereocenters. The van der Waals surface area contributed by atoms with E-state index in [9.17, 15) is 9.59 Å². The van der Waals surface area contributed by atoms with Crippen LogP contribution in [0.2, 0.25) is 0 Å². The summed E-state index contributed by atoms with van der Waals surface area (Å²) in [6.07, 6.45) is 4.34. The van der Waals surface area contributed by atoms with E-state index in [1.54, 1.807) is 13.8 Å². The summed E-state index contributed by atoms with van der Waals surface area (Å²) in [6, 6.07) is 0.200. The molecule has 0 aromatic carbocycles. The van der Waals surface area contributed by atoms with Gasteiger partial charge < -0.3 is 10.4 Å². The number of carbonyl (C=O) groups excluding carboxylic acids is 1. The quantitative estimate of drug-likeness (QED) is 0.811. The van der Waals surface area contributed by atoms with Crippen molar-refractivity contribution in [2.75, 3.05) is 0 Å². The zero-order chi connectivity index (χ0) is 14.0. The van der Waals surface area contributed by atoms with E-state index < -0.39 is 11.4 Å². The van der Waals surface area contributed by atoms with Gasteiger partial charge in [0, 0.05) is 12.5 Å². The molecule has 0 heterocycles. The van der Waals surface area contributed by atoms with Crippen molar-refractivity contribution in [2.24, 2.45) is 10.8 Å². The minimum atomic E-state index is -0.992. The van der Waals surface area contributed by atoms with E-state index in [1.807, 2.05) is 0 Å². The summed E-state index contributed by atoms with van der Waals surface area (Å²) < 4.78 is 0. The summed E-state index contributed by atoms with van der Waals surface area (Å²) in [6.45, 7) is 7.60. The number of carboxylic acid groups (broad SMARTS) is 1. The van der Waals surface area contributed by atoms with Crippen molar-refractivity contribution in [3.05, 3.63) is 0 Å². The van der Waals surface area contributed by atoms with E-state index in [2.05, 4.69) is 19.2 Å². The Labute approximate surface area is 109 Å². The average molecular weight is 255 g/mol. The molecule has 1 fully saturated rings. The van der Waals surface area contributed by atoms with Crippen LogP contribution >= 0.6 is 0 Å². The van der Waals surface area contributed by atoms with Gasteiger partial charge in [0.05, 0.1) is 5.41 Å². The first-order valence-corrected chi connectivity index (χ1v) is 6.65. The van der Waals surface area contributed by atoms with Crippen molar-refractivity contribution in [1.29, 1.82) is 0 Å². The molecular formula is C14H25NO3. The van der Waals surface area contributed by atoms with E-state index in [0.29, 0.717) is 0 Å². The number of carbonyl (C=O) groups is 2. The highest BCUT2D eigenvalue weighted by Crippen LogP contribution is 2.35. The minimum Gasteiger partial charge on any atom is -0.481 e. The highest BCUT2D eigenvalue weighted by molar-refractivity contribution is 5.84. The van der Waals surface area contributed by atoms with E-state index >= 15 is 0 Å². The lowest BCUT2D eigenvalue weighted by molar-refractivity contribution is -0.149. The molecule has 2 N–H and O–H groups in total. The normalized spacial score (nSPS) is 23.4. The van der Waals surface area contributed by atoms with Crippen molar-refractivity contribution in [3.63, 3.8) is 0 Å². The smallest absolute Gasteiger partial charge is 0.309 e. The van der Waals surface area contributed by atoms with E-state index in [4.69, 9.17) is 5.11 Å². The van der Waals surface area contributed by atoms with Gasteiger partial charge in [-0.05, 0) is 38.5 Å². The average Bonchev–Trinajstić information content (AvgIpc) is 2.13. The first-order chi connectivity index (χ1) is 8.12. The summed E-state index contributed by atoms with van der Waals surface area (Å²) in [5.74, 6) is -1.08. The lowest BCUT2D eigenvalue weighted by Gasteiger charge is -2.35. The Morgan fingerprint density at radius 3 is 2.50 bits per heavy atom. The summed E-state index contributed by atoms with van der Waals surface area (Å²) >= 11 is 0. The molecule has 0 aromatic heterocycles. The molecular weight excluding hydrogens is 230 g/mol. The van der Waals surface area contributed by atoms with Gasteiger partial charge >= 0.3 is 5.97 Å². The van der Waals surface area contributed by atoms with Crippen LogP contribution in [0.15, 0.2) is 0 Å². The number of aliphatic carboxylic acids is 1. The second kappa shape index (κ2) is 5.29. The number of nitrogens with one attached hydrogen (secondary N) is 1. The highest BCUT2D eigenvalue weighted by Gasteiger charge is 2.33. The van der Waals surface area contributed by atoms with Crippen molar-refractivity contribution in [2.45, 2.75) is 65.8 Å². The molecule has 1 unspecified atom stereocenters. The molecule has 4 nitrogen and oxygen atoms in total. The van der Waals surface area contributed by atoms with Crippen LogP contribution in [0.5, 0.6) is 0 Å². The molecule has 104 valence electrons. The van der Waals surface area contributed by atoms with Crippen LogP contribution in [0.3, 0.4) is 0 Å². The Morgan fingerprint density at radius 1 is 1.39 bits per heavy atom. The predicted molar refractivity (Wildman–Crippen MR) is 70.2 cm³/mol. The zero-order valence-electron chi connectivity index (χ0n) is 11.9. The first kappa shape index (κ1) is 15.0. The minimum absolute atomic E-state index is 0.0409.